The predicted octanol–water partition coefficient (Wildman–Crippen LogP) is 2.70. The number of aromatic nitrogens is 3. The number of nitro groups is 1. The van der Waals surface area contributed by atoms with Crippen molar-refractivity contribution < 1.29 is 4.92 Å². The van der Waals surface area contributed by atoms with Crippen LogP contribution in [0.4, 0.5) is 5.69 Å². The van der Waals surface area contributed by atoms with E-state index in [2.05, 4.69) is 10.1 Å². The van der Waals surface area contributed by atoms with E-state index in [-0.39, 0.29) is 10.8 Å². The van der Waals surface area contributed by atoms with Gasteiger partial charge in [-0.05, 0) is 31.0 Å². The third-order valence-electron chi connectivity index (χ3n) is 2.51. The molecule has 0 atom stereocenters. The molecule has 2 heterocycles. The number of pyridine rings is 1. The fraction of sp³-hybridized carbons (Fsp3) is 0.273. The maximum Gasteiger partial charge on any atom is 0.329 e. The summed E-state index contributed by atoms with van der Waals surface area (Å²) in [6.45, 7) is 3.69. The van der Waals surface area contributed by atoms with Crippen LogP contribution in [0.3, 0.4) is 0 Å². The van der Waals surface area contributed by atoms with E-state index in [0.717, 1.165) is 5.56 Å². The van der Waals surface area contributed by atoms with Crippen LogP contribution in [0.15, 0.2) is 18.3 Å². The van der Waals surface area contributed by atoms with Crippen LogP contribution in [0.1, 0.15) is 18.2 Å². The monoisotopic (exact) mass is 266 g/mol. The Bertz CT molecular complexity index is 609. The summed E-state index contributed by atoms with van der Waals surface area (Å²) in [4.78, 5) is 14.6. The first-order valence-corrected chi connectivity index (χ1v) is 5.77. The molecule has 0 N–H and O–H groups in total. The SMILES string of the molecule is CCc1nn(-c2cc(C)ccn2)c(Cl)c1[N+](=O)[O-]. The Balaban J connectivity index is 2.63. The van der Waals surface area contributed by atoms with Gasteiger partial charge in [-0.15, -0.1) is 0 Å². The van der Waals surface area contributed by atoms with E-state index < -0.39 is 4.92 Å². The molecule has 0 aliphatic heterocycles. The lowest BCUT2D eigenvalue weighted by atomic mass is 10.3. The summed E-state index contributed by atoms with van der Waals surface area (Å²) in [6, 6.07) is 3.60. The summed E-state index contributed by atoms with van der Waals surface area (Å²) in [5.74, 6) is 0.475. The van der Waals surface area contributed by atoms with Gasteiger partial charge >= 0.3 is 5.69 Å². The van der Waals surface area contributed by atoms with Crippen molar-refractivity contribution in [1.29, 1.82) is 0 Å². The Morgan fingerprint density at radius 2 is 2.28 bits per heavy atom. The van der Waals surface area contributed by atoms with Gasteiger partial charge in [0.1, 0.15) is 5.69 Å². The predicted molar refractivity (Wildman–Crippen MR) is 67.1 cm³/mol. The quantitative estimate of drug-likeness (QED) is 0.632. The van der Waals surface area contributed by atoms with Gasteiger partial charge in [-0.25, -0.2) is 4.98 Å². The number of halogens is 1. The minimum absolute atomic E-state index is 0.0186. The van der Waals surface area contributed by atoms with E-state index in [9.17, 15) is 10.1 Å². The third-order valence-corrected chi connectivity index (χ3v) is 2.85. The molecule has 0 amide bonds. The molecule has 6 nitrogen and oxygen atoms in total. The first-order chi connectivity index (χ1) is 8.54. The van der Waals surface area contributed by atoms with Crippen molar-refractivity contribution in [3.63, 3.8) is 0 Å². The number of aryl methyl sites for hydroxylation is 2. The molecule has 2 aromatic heterocycles. The van der Waals surface area contributed by atoms with Crippen molar-refractivity contribution in [3.05, 3.63) is 44.9 Å². The molecule has 2 rings (SSSR count). The van der Waals surface area contributed by atoms with Crippen molar-refractivity contribution in [2.45, 2.75) is 20.3 Å². The minimum atomic E-state index is -0.513. The van der Waals surface area contributed by atoms with Crippen LogP contribution in [0.2, 0.25) is 5.15 Å². The zero-order valence-electron chi connectivity index (χ0n) is 9.92. The van der Waals surface area contributed by atoms with Crippen LogP contribution < -0.4 is 0 Å². The van der Waals surface area contributed by atoms with Gasteiger partial charge < -0.3 is 0 Å². The molecule has 0 spiro atoms. The van der Waals surface area contributed by atoms with Crippen molar-refractivity contribution in [2.24, 2.45) is 0 Å². The first kappa shape index (κ1) is 12.5. The number of nitrogens with zero attached hydrogens (tertiary/aromatic N) is 4. The first-order valence-electron chi connectivity index (χ1n) is 5.39. The van der Waals surface area contributed by atoms with Gasteiger partial charge in [-0.3, -0.25) is 10.1 Å². The molecule has 0 aliphatic carbocycles. The van der Waals surface area contributed by atoms with E-state index in [1.807, 2.05) is 13.0 Å². The highest BCUT2D eigenvalue weighted by atomic mass is 35.5. The summed E-state index contributed by atoms with van der Waals surface area (Å²) < 4.78 is 1.30. The molecule has 0 saturated carbocycles. The maximum absolute atomic E-state index is 11.0. The highest BCUT2D eigenvalue weighted by Gasteiger charge is 2.26. The minimum Gasteiger partial charge on any atom is -0.258 e. The lowest BCUT2D eigenvalue weighted by Gasteiger charge is -2.01. The van der Waals surface area contributed by atoms with Gasteiger partial charge in [0.25, 0.3) is 0 Å². The molecule has 0 radical (unpaired) electrons. The Labute approximate surface area is 108 Å². The number of hydrogen-bond acceptors (Lipinski definition) is 4. The number of hydrogen-bond donors (Lipinski definition) is 0. The molecule has 18 heavy (non-hydrogen) atoms. The molecule has 0 saturated heterocycles. The molecule has 0 aromatic carbocycles. The lowest BCUT2D eigenvalue weighted by molar-refractivity contribution is -0.385. The molecular formula is C11H11ClN4O2. The Morgan fingerprint density at radius 1 is 1.56 bits per heavy atom. The van der Waals surface area contributed by atoms with Gasteiger partial charge in [-0.2, -0.15) is 9.78 Å². The van der Waals surface area contributed by atoms with Crippen molar-refractivity contribution in [1.82, 2.24) is 14.8 Å². The second-order valence-electron chi connectivity index (χ2n) is 3.80. The molecule has 0 unspecified atom stereocenters. The van der Waals surface area contributed by atoms with Crippen LogP contribution in [-0.2, 0) is 6.42 Å². The van der Waals surface area contributed by atoms with Crippen molar-refractivity contribution >= 4 is 17.3 Å². The summed E-state index contributed by atoms with van der Waals surface area (Å²) in [5, 5.41) is 15.1. The summed E-state index contributed by atoms with van der Waals surface area (Å²) in [7, 11) is 0. The summed E-state index contributed by atoms with van der Waals surface area (Å²) in [5.41, 5.74) is 1.18. The maximum atomic E-state index is 11.0. The topological polar surface area (TPSA) is 73.8 Å². The van der Waals surface area contributed by atoms with Crippen molar-refractivity contribution in [3.8, 4) is 5.82 Å². The van der Waals surface area contributed by atoms with Gasteiger partial charge in [0.15, 0.2) is 5.82 Å². The second-order valence-corrected chi connectivity index (χ2v) is 4.16. The fourth-order valence-corrected chi connectivity index (χ4v) is 1.94. The van der Waals surface area contributed by atoms with Gasteiger partial charge in [0, 0.05) is 6.20 Å². The summed E-state index contributed by atoms with van der Waals surface area (Å²) >= 11 is 6.01. The molecule has 94 valence electrons. The zero-order chi connectivity index (χ0) is 13.3. The van der Waals surface area contributed by atoms with E-state index in [1.165, 1.54) is 4.68 Å². The second kappa shape index (κ2) is 4.73. The molecule has 0 fully saturated rings. The zero-order valence-corrected chi connectivity index (χ0v) is 10.7. The highest BCUT2D eigenvalue weighted by Crippen LogP contribution is 2.30. The van der Waals surface area contributed by atoms with E-state index in [1.54, 1.807) is 19.2 Å². The lowest BCUT2D eigenvalue weighted by Crippen LogP contribution is -2.00. The smallest absolute Gasteiger partial charge is 0.258 e. The Hall–Kier alpha value is -1.95. The average Bonchev–Trinajstić information content (AvgIpc) is 2.66. The van der Waals surface area contributed by atoms with Crippen LogP contribution >= 0.6 is 11.6 Å². The Morgan fingerprint density at radius 3 is 2.78 bits per heavy atom. The standard InChI is InChI=1S/C11H11ClN4O2/c1-3-8-10(16(17)18)11(12)15(14-8)9-6-7(2)4-5-13-9/h4-6H,3H2,1-2H3. The molecule has 2 aromatic rings. The molecule has 0 bridgehead atoms. The summed E-state index contributed by atoms with van der Waals surface area (Å²) in [6.07, 6.45) is 2.05. The Kier molecular flexibility index (Phi) is 3.29. The average molecular weight is 267 g/mol. The normalized spacial score (nSPS) is 10.6. The van der Waals surface area contributed by atoms with E-state index >= 15 is 0 Å². The van der Waals surface area contributed by atoms with E-state index in [0.29, 0.717) is 17.9 Å². The van der Waals surface area contributed by atoms with Gasteiger partial charge in [0.2, 0.25) is 5.15 Å². The fourth-order valence-electron chi connectivity index (χ4n) is 1.64. The molecule has 0 aliphatic rings. The highest BCUT2D eigenvalue weighted by molar-refractivity contribution is 6.32. The third kappa shape index (κ3) is 2.06. The van der Waals surface area contributed by atoms with Gasteiger partial charge in [0.05, 0.1) is 4.92 Å². The number of rotatable bonds is 3. The molecule has 7 heteroatoms. The van der Waals surface area contributed by atoms with Crippen LogP contribution in [0.25, 0.3) is 5.82 Å². The van der Waals surface area contributed by atoms with E-state index in [4.69, 9.17) is 11.6 Å². The van der Waals surface area contributed by atoms with Crippen LogP contribution in [-0.4, -0.2) is 19.7 Å². The van der Waals surface area contributed by atoms with Crippen LogP contribution in [0, 0.1) is 17.0 Å². The van der Waals surface area contributed by atoms with Crippen LogP contribution in [0.5, 0.6) is 0 Å². The van der Waals surface area contributed by atoms with Gasteiger partial charge in [-0.1, -0.05) is 18.5 Å². The van der Waals surface area contributed by atoms with Crippen molar-refractivity contribution in [2.75, 3.05) is 0 Å². The molecular weight excluding hydrogens is 256 g/mol. The largest absolute Gasteiger partial charge is 0.329 e.